The third kappa shape index (κ3) is 2.56. The van der Waals surface area contributed by atoms with Crippen LogP contribution in [0.25, 0.3) is 0 Å². The maximum atomic E-state index is 11.3. The molecule has 0 saturated carbocycles. The van der Waals surface area contributed by atoms with Crippen LogP contribution in [0.2, 0.25) is 0 Å². The molecular formula is C10H15N3O2. The van der Waals surface area contributed by atoms with Crippen molar-refractivity contribution in [2.24, 2.45) is 0 Å². The van der Waals surface area contributed by atoms with E-state index in [-0.39, 0.29) is 11.7 Å². The van der Waals surface area contributed by atoms with Crippen molar-refractivity contribution in [1.29, 1.82) is 0 Å². The molecule has 5 nitrogen and oxygen atoms in total. The van der Waals surface area contributed by atoms with E-state index in [4.69, 9.17) is 4.74 Å². The first-order valence-corrected chi connectivity index (χ1v) is 5.17. The van der Waals surface area contributed by atoms with E-state index >= 15 is 0 Å². The second-order valence-electron chi connectivity index (χ2n) is 3.76. The van der Waals surface area contributed by atoms with E-state index in [9.17, 15) is 4.79 Å². The van der Waals surface area contributed by atoms with E-state index in [0.29, 0.717) is 18.1 Å². The minimum absolute atomic E-state index is 0.0974. The van der Waals surface area contributed by atoms with Gasteiger partial charge in [0.05, 0.1) is 6.10 Å². The van der Waals surface area contributed by atoms with Crippen molar-refractivity contribution in [3.63, 3.8) is 0 Å². The molecule has 2 heterocycles. The lowest BCUT2D eigenvalue weighted by atomic mass is 10.2. The van der Waals surface area contributed by atoms with Gasteiger partial charge in [0, 0.05) is 24.9 Å². The Hall–Kier alpha value is -1.36. The summed E-state index contributed by atoms with van der Waals surface area (Å²) in [7, 11) is 0. The van der Waals surface area contributed by atoms with Gasteiger partial charge in [-0.2, -0.15) is 0 Å². The van der Waals surface area contributed by atoms with Crippen LogP contribution in [0.15, 0.2) is 11.0 Å². The van der Waals surface area contributed by atoms with Crippen LogP contribution in [-0.2, 0) is 4.74 Å². The van der Waals surface area contributed by atoms with Crippen molar-refractivity contribution in [2.45, 2.75) is 25.9 Å². The van der Waals surface area contributed by atoms with Gasteiger partial charge < -0.3 is 10.1 Å². The number of aromatic nitrogens is 2. The lowest BCUT2D eigenvalue weighted by Gasteiger charge is -2.10. The Bertz CT molecular complexity index is 382. The van der Waals surface area contributed by atoms with Gasteiger partial charge in [0.2, 0.25) is 5.95 Å². The first-order chi connectivity index (χ1) is 7.25. The van der Waals surface area contributed by atoms with Gasteiger partial charge in [-0.1, -0.05) is 0 Å². The highest BCUT2D eigenvalue weighted by Crippen LogP contribution is 2.11. The van der Waals surface area contributed by atoms with Crippen LogP contribution in [0.4, 0.5) is 5.95 Å². The molecule has 1 aromatic heterocycles. The Morgan fingerprint density at radius 2 is 2.60 bits per heavy atom. The summed E-state index contributed by atoms with van der Waals surface area (Å²) >= 11 is 0. The molecule has 0 spiro atoms. The normalized spacial score (nSPS) is 20.5. The van der Waals surface area contributed by atoms with Crippen LogP contribution in [0, 0.1) is 6.92 Å². The van der Waals surface area contributed by atoms with Crippen LogP contribution in [0.1, 0.15) is 18.4 Å². The minimum atomic E-state index is -0.0974. The monoisotopic (exact) mass is 209 g/mol. The highest BCUT2D eigenvalue weighted by molar-refractivity contribution is 5.24. The van der Waals surface area contributed by atoms with Gasteiger partial charge in [0.1, 0.15) is 0 Å². The largest absolute Gasteiger partial charge is 0.376 e. The average molecular weight is 209 g/mol. The van der Waals surface area contributed by atoms with Gasteiger partial charge >= 0.3 is 0 Å². The fourth-order valence-corrected chi connectivity index (χ4v) is 1.56. The summed E-state index contributed by atoms with van der Waals surface area (Å²) in [6, 6.07) is 0. The Balaban J connectivity index is 1.93. The molecule has 0 radical (unpaired) electrons. The van der Waals surface area contributed by atoms with Crippen molar-refractivity contribution >= 4 is 5.95 Å². The molecule has 1 fully saturated rings. The molecule has 1 aliphatic rings. The van der Waals surface area contributed by atoms with Crippen LogP contribution in [0.5, 0.6) is 0 Å². The summed E-state index contributed by atoms with van der Waals surface area (Å²) < 4.78 is 5.45. The van der Waals surface area contributed by atoms with E-state index < -0.39 is 0 Å². The maximum Gasteiger partial charge on any atom is 0.255 e. The zero-order valence-electron chi connectivity index (χ0n) is 8.75. The number of H-pyrrole nitrogens is 1. The van der Waals surface area contributed by atoms with Crippen molar-refractivity contribution in [2.75, 3.05) is 18.5 Å². The molecule has 0 aliphatic carbocycles. The molecule has 1 aromatic rings. The molecular weight excluding hydrogens is 194 g/mol. The molecule has 1 aliphatic heterocycles. The predicted octanol–water partition coefficient (Wildman–Crippen LogP) is 0.669. The van der Waals surface area contributed by atoms with Crippen LogP contribution in [-0.4, -0.2) is 29.2 Å². The van der Waals surface area contributed by atoms with Crippen LogP contribution < -0.4 is 10.9 Å². The van der Waals surface area contributed by atoms with Crippen LogP contribution in [0.3, 0.4) is 0 Å². The molecule has 2 rings (SSSR count). The van der Waals surface area contributed by atoms with Crippen molar-refractivity contribution in [3.8, 4) is 0 Å². The molecule has 0 amide bonds. The molecule has 2 N–H and O–H groups in total. The average Bonchev–Trinajstić information content (AvgIpc) is 2.73. The summed E-state index contributed by atoms with van der Waals surface area (Å²) in [5, 5.41) is 3.06. The molecule has 0 aromatic carbocycles. The van der Waals surface area contributed by atoms with Gasteiger partial charge in [-0.15, -0.1) is 0 Å². The Morgan fingerprint density at radius 1 is 1.73 bits per heavy atom. The lowest BCUT2D eigenvalue weighted by Crippen LogP contribution is -2.22. The number of hydrogen-bond acceptors (Lipinski definition) is 4. The van der Waals surface area contributed by atoms with E-state index in [1.165, 1.54) is 0 Å². The third-order valence-electron chi connectivity index (χ3n) is 2.50. The maximum absolute atomic E-state index is 11.3. The molecule has 0 unspecified atom stereocenters. The SMILES string of the molecule is Cc1cnc(NC[C@H]2CCCO2)[nH]c1=O. The van der Waals surface area contributed by atoms with Crippen molar-refractivity contribution in [1.82, 2.24) is 9.97 Å². The number of hydrogen-bond donors (Lipinski definition) is 2. The Kier molecular flexibility index (Phi) is 3.01. The summed E-state index contributed by atoms with van der Waals surface area (Å²) in [4.78, 5) is 18.0. The minimum Gasteiger partial charge on any atom is -0.376 e. The quantitative estimate of drug-likeness (QED) is 0.767. The van der Waals surface area contributed by atoms with Gasteiger partial charge in [-0.3, -0.25) is 9.78 Å². The summed E-state index contributed by atoms with van der Waals surface area (Å²) in [5.41, 5.74) is 0.525. The molecule has 82 valence electrons. The first kappa shape index (κ1) is 10.2. The number of anilines is 1. The topological polar surface area (TPSA) is 67.0 Å². The van der Waals surface area contributed by atoms with Crippen molar-refractivity contribution in [3.05, 3.63) is 22.1 Å². The van der Waals surface area contributed by atoms with Gasteiger partial charge in [-0.25, -0.2) is 4.98 Å². The number of aromatic amines is 1. The van der Waals surface area contributed by atoms with Crippen molar-refractivity contribution < 1.29 is 4.74 Å². The fourth-order valence-electron chi connectivity index (χ4n) is 1.56. The molecule has 15 heavy (non-hydrogen) atoms. The lowest BCUT2D eigenvalue weighted by molar-refractivity contribution is 0.120. The first-order valence-electron chi connectivity index (χ1n) is 5.17. The summed E-state index contributed by atoms with van der Waals surface area (Å²) in [6.07, 6.45) is 4.00. The molecule has 1 saturated heterocycles. The van der Waals surface area contributed by atoms with Gasteiger partial charge in [-0.05, 0) is 19.8 Å². The summed E-state index contributed by atoms with van der Waals surface area (Å²) in [5.74, 6) is 0.515. The zero-order valence-corrected chi connectivity index (χ0v) is 8.75. The van der Waals surface area contributed by atoms with E-state index in [2.05, 4.69) is 15.3 Å². The number of nitrogens with one attached hydrogen (secondary N) is 2. The highest BCUT2D eigenvalue weighted by atomic mass is 16.5. The number of ether oxygens (including phenoxy) is 1. The van der Waals surface area contributed by atoms with E-state index in [0.717, 1.165) is 19.4 Å². The Labute approximate surface area is 87.9 Å². The second kappa shape index (κ2) is 4.44. The predicted molar refractivity (Wildman–Crippen MR) is 57.1 cm³/mol. The molecule has 5 heteroatoms. The van der Waals surface area contributed by atoms with E-state index in [1.54, 1.807) is 13.1 Å². The second-order valence-corrected chi connectivity index (χ2v) is 3.76. The smallest absolute Gasteiger partial charge is 0.255 e. The number of nitrogens with zero attached hydrogens (tertiary/aromatic N) is 1. The molecule has 0 bridgehead atoms. The fraction of sp³-hybridized carbons (Fsp3) is 0.600. The van der Waals surface area contributed by atoms with Gasteiger partial charge in [0.15, 0.2) is 0 Å². The van der Waals surface area contributed by atoms with Gasteiger partial charge in [0.25, 0.3) is 5.56 Å². The number of rotatable bonds is 3. The molecule has 1 atom stereocenters. The standard InChI is InChI=1S/C10H15N3O2/c1-7-5-11-10(13-9(7)14)12-6-8-3-2-4-15-8/h5,8H,2-4,6H2,1H3,(H2,11,12,13,14)/t8-/m1/s1. The number of aryl methyl sites for hydroxylation is 1. The van der Waals surface area contributed by atoms with E-state index in [1.807, 2.05) is 0 Å². The summed E-state index contributed by atoms with van der Waals surface area (Å²) in [6.45, 7) is 3.27. The highest BCUT2D eigenvalue weighted by Gasteiger charge is 2.15. The zero-order chi connectivity index (χ0) is 10.7. The Morgan fingerprint density at radius 3 is 3.27 bits per heavy atom. The third-order valence-corrected chi connectivity index (χ3v) is 2.50. The van der Waals surface area contributed by atoms with Crippen LogP contribution >= 0.6 is 0 Å².